The van der Waals surface area contributed by atoms with E-state index < -0.39 is 0 Å². The van der Waals surface area contributed by atoms with Crippen molar-refractivity contribution in [1.82, 2.24) is 19.9 Å². The van der Waals surface area contributed by atoms with Crippen LogP contribution >= 0.6 is 23.2 Å². The molecule has 206 valence electrons. The summed E-state index contributed by atoms with van der Waals surface area (Å²) >= 11 is 13.2. The predicted molar refractivity (Wildman–Crippen MR) is 156 cm³/mol. The first-order valence-corrected chi connectivity index (χ1v) is 13.9. The SMILES string of the molecule is CCCN1CCN(c2cc(OC)c(Nc3ncc(Cl)c(Nc4cccnc4N4CCCC4=O)n3)cc2Cl)CC1. The number of methoxy groups -OCH3 is 1. The molecule has 2 aliphatic heterocycles. The molecule has 3 aromatic rings. The van der Waals surface area contributed by atoms with Crippen LogP contribution in [0, 0.1) is 0 Å². The van der Waals surface area contributed by atoms with Crippen LogP contribution in [0.3, 0.4) is 0 Å². The summed E-state index contributed by atoms with van der Waals surface area (Å²) in [4.78, 5) is 32.1. The first-order valence-electron chi connectivity index (χ1n) is 13.1. The van der Waals surface area contributed by atoms with Gasteiger partial charge in [0.05, 0.1) is 35.4 Å². The van der Waals surface area contributed by atoms with Crippen LogP contribution in [0.1, 0.15) is 26.2 Å². The zero-order valence-corrected chi connectivity index (χ0v) is 23.6. The third kappa shape index (κ3) is 6.13. The number of nitrogens with one attached hydrogen (secondary N) is 2. The van der Waals surface area contributed by atoms with Crippen LogP contribution in [0.4, 0.5) is 34.6 Å². The number of benzene rings is 1. The van der Waals surface area contributed by atoms with Gasteiger partial charge in [-0.3, -0.25) is 14.6 Å². The fourth-order valence-electron chi connectivity index (χ4n) is 4.92. The highest BCUT2D eigenvalue weighted by atomic mass is 35.5. The van der Waals surface area contributed by atoms with E-state index in [1.807, 2.05) is 18.2 Å². The number of carbonyl (C=O) groups excluding carboxylic acids is 1. The van der Waals surface area contributed by atoms with Crippen molar-refractivity contribution < 1.29 is 9.53 Å². The molecule has 0 unspecified atom stereocenters. The highest BCUT2D eigenvalue weighted by molar-refractivity contribution is 6.34. The summed E-state index contributed by atoms with van der Waals surface area (Å²) in [6.45, 7) is 7.77. The van der Waals surface area contributed by atoms with Crippen LogP contribution in [0.5, 0.6) is 5.75 Å². The number of rotatable bonds is 9. The van der Waals surface area contributed by atoms with Crippen LogP contribution < -0.4 is 25.2 Å². The third-order valence-corrected chi connectivity index (χ3v) is 7.46. The van der Waals surface area contributed by atoms with E-state index >= 15 is 0 Å². The minimum Gasteiger partial charge on any atom is -0.494 e. The molecule has 2 aliphatic rings. The van der Waals surface area contributed by atoms with Gasteiger partial charge in [0.2, 0.25) is 11.9 Å². The van der Waals surface area contributed by atoms with Crippen molar-refractivity contribution in [2.75, 3.05) is 66.8 Å². The fourth-order valence-corrected chi connectivity index (χ4v) is 5.35. The van der Waals surface area contributed by atoms with Crippen molar-refractivity contribution in [3.8, 4) is 5.75 Å². The molecule has 4 heterocycles. The fraction of sp³-hybridized carbons (Fsp3) is 0.407. The minimum atomic E-state index is 0.0446. The summed E-state index contributed by atoms with van der Waals surface area (Å²) in [6, 6.07) is 7.41. The molecule has 2 fully saturated rings. The molecule has 0 saturated carbocycles. The lowest BCUT2D eigenvalue weighted by atomic mass is 10.2. The van der Waals surface area contributed by atoms with E-state index in [9.17, 15) is 4.79 Å². The normalized spacial score (nSPS) is 16.1. The molecule has 0 radical (unpaired) electrons. The molecule has 1 amide bonds. The van der Waals surface area contributed by atoms with Gasteiger partial charge in [-0.05, 0) is 37.6 Å². The molecular formula is C27H32Cl2N8O2. The molecule has 2 N–H and O–H groups in total. The van der Waals surface area contributed by atoms with Gasteiger partial charge >= 0.3 is 0 Å². The second-order valence-electron chi connectivity index (χ2n) is 9.50. The zero-order valence-electron chi connectivity index (χ0n) is 22.1. The lowest BCUT2D eigenvalue weighted by Crippen LogP contribution is -2.46. The van der Waals surface area contributed by atoms with E-state index in [0.717, 1.165) is 51.3 Å². The number of aromatic nitrogens is 3. The van der Waals surface area contributed by atoms with Crippen LogP contribution in [0.25, 0.3) is 0 Å². The van der Waals surface area contributed by atoms with Crippen molar-refractivity contribution in [2.45, 2.75) is 26.2 Å². The molecule has 39 heavy (non-hydrogen) atoms. The first kappa shape index (κ1) is 27.2. The van der Waals surface area contributed by atoms with Gasteiger partial charge in [-0.1, -0.05) is 30.1 Å². The van der Waals surface area contributed by atoms with Gasteiger partial charge in [0, 0.05) is 51.4 Å². The van der Waals surface area contributed by atoms with Crippen LogP contribution in [-0.4, -0.2) is 72.1 Å². The Kier molecular flexibility index (Phi) is 8.54. The molecule has 10 nitrogen and oxygen atoms in total. The number of nitrogens with zero attached hydrogens (tertiary/aromatic N) is 6. The van der Waals surface area contributed by atoms with Crippen molar-refractivity contribution in [2.24, 2.45) is 0 Å². The average molecular weight is 572 g/mol. The van der Waals surface area contributed by atoms with Gasteiger partial charge in [-0.25, -0.2) is 9.97 Å². The number of hydrogen-bond acceptors (Lipinski definition) is 9. The average Bonchev–Trinajstić information content (AvgIpc) is 3.37. The van der Waals surface area contributed by atoms with E-state index in [1.54, 1.807) is 24.3 Å². The Morgan fingerprint density at radius 1 is 1.03 bits per heavy atom. The largest absolute Gasteiger partial charge is 0.494 e. The maximum absolute atomic E-state index is 12.3. The Balaban J connectivity index is 1.35. The number of piperazine rings is 1. The lowest BCUT2D eigenvalue weighted by molar-refractivity contribution is -0.117. The summed E-state index contributed by atoms with van der Waals surface area (Å²) < 4.78 is 5.69. The Hall–Kier alpha value is -3.34. The second-order valence-corrected chi connectivity index (χ2v) is 10.3. The molecule has 2 saturated heterocycles. The van der Waals surface area contributed by atoms with Crippen LogP contribution in [-0.2, 0) is 4.79 Å². The highest BCUT2D eigenvalue weighted by Crippen LogP contribution is 2.38. The summed E-state index contributed by atoms with van der Waals surface area (Å²) in [7, 11) is 1.62. The van der Waals surface area contributed by atoms with Crippen LogP contribution in [0.15, 0.2) is 36.7 Å². The predicted octanol–water partition coefficient (Wildman–Crippen LogP) is 5.33. The Bertz CT molecular complexity index is 1330. The molecule has 0 spiro atoms. The maximum atomic E-state index is 12.3. The van der Waals surface area contributed by atoms with E-state index in [2.05, 4.69) is 42.3 Å². The number of carbonyl (C=O) groups is 1. The molecule has 0 bridgehead atoms. The Morgan fingerprint density at radius 2 is 1.85 bits per heavy atom. The molecule has 5 rings (SSSR count). The van der Waals surface area contributed by atoms with E-state index in [0.29, 0.717) is 57.7 Å². The number of ether oxygens (including phenoxy) is 1. The molecule has 2 aromatic heterocycles. The number of halogens is 2. The summed E-state index contributed by atoms with van der Waals surface area (Å²) in [5.41, 5.74) is 2.20. The lowest BCUT2D eigenvalue weighted by Gasteiger charge is -2.36. The van der Waals surface area contributed by atoms with Gasteiger partial charge in [0.15, 0.2) is 11.6 Å². The van der Waals surface area contributed by atoms with Crippen LogP contribution in [0.2, 0.25) is 10.0 Å². The minimum absolute atomic E-state index is 0.0446. The third-order valence-electron chi connectivity index (χ3n) is 6.88. The molecule has 0 atom stereocenters. The molecular weight excluding hydrogens is 539 g/mol. The van der Waals surface area contributed by atoms with Crippen molar-refractivity contribution in [3.05, 3.63) is 46.7 Å². The van der Waals surface area contributed by atoms with Crippen molar-refractivity contribution >= 4 is 63.8 Å². The van der Waals surface area contributed by atoms with Gasteiger partial charge in [0.25, 0.3) is 0 Å². The van der Waals surface area contributed by atoms with Gasteiger partial charge in [-0.15, -0.1) is 0 Å². The molecule has 1 aromatic carbocycles. The summed E-state index contributed by atoms with van der Waals surface area (Å²) in [6.07, 6.45) is 5.63. The van der Waals surface area contributed by atoms with E-state index in [4.69, 9.17) is 27.9 Å². The zero-order chi connectivity index (χ0) is 27.4. The standard InChI is InChI=1S/C27H32Cl2N8O2/c1-3-9-35-11-13-36(14-12-35)22-16-23(39-2)21(15-18(22)28)33-27-31-17-19(29)25(34-27)32-20-6-4-8-30-26(20)37-10-5-7-24(37)38/h4,6,8,15-17H,3,5,7,9-14H2,1-2H3,(H2,31,32,33,34). The monoisotopic (exact) mass is 570 g/mol. The summed E-state index contributed by atoms with van der Waals surface area (Å²) in [5.74, 6) is 1.90. The van der Waals surface area contributed by atoms with E-state index in [-0.39, 0.29) is 5.91 Å². The quantitative estimate of drug-likeness (QED) is 0.353. The van der Waals surface area contributed by atoms with Gasteiger partial charge < -0.3 is 20.3 Å². The smallest absolute Gasteiger partial charge is 0.229 e. The first-order chi connectivity index (χ1) is 19.0. The Morgan fingerprint density at radius 3 is 2.56 bits per heavy atom. The highest BCUT2D eigenvalue weighted by Gasteiger charge is 2.25. The molecule has 0 aliphatic carbocycles. The molecule has 12 heteroatoms. The van der Waals surface area contributed by atoms with Gasteiger partial charge in [0.1, 0.15) is 10.8 Å². The Labute approximate surface area is 238 Å². The van der Waals surface area contributed by atoms with Gasteiger partial charge in [-0.2, -0.15) is 4.98 Å². The number of pyridine rings is 1. The number of hydrogen-bond donors (Lipinski definition) is 2. The number of amides is 1. The second kappa shape index (κ2) is 12.2. The van der Waals surface area contributed by atoms with Crippen molar-refractivity contribution in [1.29, 1.82) is 0 Å². The summed E-state index contributed by atoms with van der Waals surface area (Å²) in [5, 5.41) is 7.37. The topological polar surface area (TPSA) is 98.8 Å². The number of anilines is 6. The maximum Gasteiger partial charge on any atom is 0.229 e. The van der Waals surface area contributed by atoms with Crippen molar-refractivity contribution in [3.63, 3.8) is 0 Å². The van der Waals surface area contributed by atoms with E-state index in [1.165, 1.54) is 6.20 Å².